The predicted molar refractivity (Wildman–Crippen MR) is 82.5 cm³/mol. The Morgan fingerprint density at radius 1 is 1.19 bits per heavy atom. The molecule has 0 aromatic rings. The van der Waals surface area contributed by atoms with E-state index < -0.39 is 0 Å². The summed E-state index contributed by atoms with van der Waals surface area (Å²) in [5, 5.41) is 3.07. The second kappa shape index (κ2) is 7.25. The Balaban J connectivity index is 1.81. The number of nitrogens with one attached hydrogen (secondary N) is 1. The number of nitrogens with two attached hydrogens (primary N) is 1. The van der Waals surface area contributed by atoms with Gasteiger partial charge in [0, 0.05) is 31.0 Å². The summed E-state index contributed by atoms with van der Waals surface area (Å²) in [5.41, 5.74) is 5.78. The third-order valence-corrected chi connectivity index (χ3v) is 4.96. The fourth-order valence-electron chi connectivity index (χ4n) is 3.49. The molecule has 0 bridgehead atoms. The Hall–Kier alpha value is -1.10. The van der Waals surface area contributed by atoms with Gasteiger partial charge < -0.3 is 16.0 Å². The second-order valence-electron chi connectivity index (χ2n) is 6.80. The van der Waals surface area contributed by atoms with Crippen LogP contribution in [0.25, 0.3) is 0 Å². The number of amides is 2. The Labute approximate surface area is 127 Å². The van der Waals surface area contributed by atoms with E-state index in [-0.39, 0.29) is 29.7 Å². The molecule has 2 aliphatic rings. The first-order chi connectivity index (χ1) is 10.0. The Morgan fingerprint density at radius 2 is 1.86 bits per heavy atom. The summed E-state index contributed by atoms with van der Waals surface area (Å²) in [7, 11) is 0. The van der Waals surface area contributed by atoms with Crippen molar-refractivity contribution in [1.29, 1.82) is 0 Å². The van der Waals surface area contributed by atoms with Crippen LogP contribution in [0.1, 0.15) is 46.0 Å². The number of rotatable bonds is 4. The van der Waals surface area contributed by atoms with Crippen LogP contribution in [0.3, 0.4) is 0 Å². The lowest BCUT2D eigenvalue weighted by Gasteiger charge is -2.35. The van der Waals surface area contributed by atoms with Crippen molar-refractivity contribution in [3.63, 3.8) is 0 Å². The summed E-state index contributed by atoms with van der Waals surface area (Å²) in [4.78, 5) is 26.3. The lowest BCUT2D eigenvalue weighted by Crippen LogP contribution is -2.49. The van der Waals surface area contributed by atoms with Gasteiger partial charge in [0.1, 0.15) is 0 Å². The van der Waals surface area contributed by atoms with Gasteiger partial charge in [-0.1, -0.05) is 20.3 Å². The highest BCUT2D eigenvalue weighted by molar-refractivity contribution is 5.80. The fourth-order valence-corrected chi connectivity index (χ4v) is 3.49. The molecule has 0 aromatic heterocycles. The number of carbonyl (C=O) groups is 2. The van der Waals surface area contributed by atoms with E-state index >= 15 is 0 Å². The van der Waals surface area contributed by atoms with Crippen LogP contribution in [0.5, 0.6) is 0 Å². The summed E-state index contributed by atoms with van der Waals surface area (Å²) in [6.07, 6.45) is 4.94. The molecule has 120 valence electrons. The van der Waals surface area contributed by atoms with Gasteiger partial charge in [0.05, 0.1) is 0 Å². The Kier molecular flexibility index (Phi) is 5.62. The van der Waals surface area contributed by atoms with Crippen molar-refractivity contribution in [2.45, 2.75) is 52.0 Å². The van der Waals surface area contributed by atoms with Crippen LogP contribution in [0, 0.1) is 17.8 Å². The minimum atomic E-state index is 0.0217. The van der Waals surface area contributed by atoms with Crippen LogP contribution >= 0.6 is 0 Å². The zero-order chi connectivity index (χ0) is 15.4. The third kappa shape index (κ3) is 3.96. The van der Waals surface area contributed by atoms with Crippen molar-refractivity contribution >= 4 is 11.8 Å². The summed E-state index contributed by atoms with van der Waals surface area (Å²) in [6, 6.07) is 0.220. The fraction of sp³-hybridized carbons (Fsp3) is 0.875. The van der Waals surface area contributed by atoms with Crippen LogP contribution < -0.4 is 11.1 Å². The van der Waals surface area contributed by atoms with Crippen LogP contribution in [0.2, 0.25) is 0 Å². The van der Waals surface area contributed by atoms with E-state index in [1.807, 2.05) is 18.7 Å². The van der Waals surface area contributed by atoms with Gasteiger partial charge in [-0.25, -0.2) is 0 Å². The molecule has 1 saturated carbocycles. The second-order valence-corrected chi connectivity index (χ2v) is 6.80. The van der Waals surface area contributed by atoms with Crippen molar-refractivity contribution in [2.24, 2.45) is 23.5 Å². The number of nitrogens with zero attached hydrogens (tertiary/aromatic N) is 1. The normalized spacial score (nSPS) is 27.1. The predicted octanol–water partition coefficient (Wildman–Crippen LogP) is 1.12. The standard InChI is InChI=1S/C16H29N3O2/c1-11(2)15(20)18-13-6-8-19(9-7-13)16(21)14-5-3-4-12(14)10-17/h11-14H,3-10,17H2,1-2H3,(H,18,20)/t12-,14-/m1/s1. The Morgan fingerprint density at radius 3 is 2.43 bits per heavy atom. The first-order valence-electron chi connectivity index (χ1n) is 8.32. The first-order valence-corrected chi connectivity index (χ1v) is 8.32. The highest BCUT2D eigenvalue weighted by Gasteiger charge is 2.36. The molecule has 2 rings (SSSR count). The van der Waals surface area contributed by atoms with Gasteiger partial charge in [-0.05, 0) is 38.1 Å². The van der Waals surface area contributed by atoms with Crippen LogP contribution in [-0.4, -0.2) is 42.4 Å². The third-order valence-electron chi connectivity index (χ3n) is 4.96. The highest BCUT2D eigenvalue weighted by Crippen LogP contribution is 2.33. The largest absolute Gasteiger partial charge is 0.353 e. The topological polar surface area (TPSA) is 75.4 Å². The molecular weight excluding hydrogens is 266 g/mol. The zero-order valence-electron chi connectivity index (χ0n) is 13.3. The zero-order valence-corrected chi connectivity index (χ0v) is 13.3. The van der Waals surface area contributed by atoms with E-state index in [9.17, 15) is 9.59 Å². The van der Waals surface area contributed by atoms with E-state index in [0.29, 0.717) is 12.5 Å². The lowest BCUT2D eigenvalue weighted by molar-refractivity contribution is -0.137. The molecule has 1 saturated heterocycles. The monoisotopic (exact) mass is 295 g/mol. The quantitative estimate of drug-likeness (QED) is 0.816. The molecule has 5 nitrogen and oxygen atoms in total. The molecule has 2 amide bonds. The number of piperidine rings is 1. The molecule has 0 unspecified atom stereocenters. The summed E-state index contributed by atoms with van der Waals surface area (Å²) >= 11 is 0. The minimum Gasteiger partial charge on any atom is -0.353 e. The van der Waals surface area contributed by atoms with Gasteiger partial charge >= 0.3 is 0 Å². The number of likely N-dealkylation sites (tertiary alicyclic amines) is 1. The molecule has 0 aromatic carbocycles. The maximum atomic E-state index is 12.6. The van der Waals surface area contributed by atoms with Crippen molar-refractivity contribution in [2.75, 3.05) is 19.6 Å². The van der Waals surface area contributed by atoms with Crippen LogP contribution in [-0.2, 0) is 9.59 Å². The molecule has 3 N–H and O–H groups in total. The minimum absolute atomic E-state index is 0.0217. The van der Waals surface area contributed by atoms with Crippen molar-refractivity contribution in [3.8, 4) is 0 Å². The van der Waals surface area contributed by atoms with Gasteiger partial charge in [-0.3, -0.25) is 9.59 Å². The maximum Gasteiger partial charge on any atom is 0.226 e. The van der Waals surface area contributed by atoms with E-state index in [4.69, 9.17) is 5.73 Å². The molecule has 0 radical (unpaired) electrons. The van der Waals surface area contributed by atoms with Gasteiger partial charge in [0.15, 0.2) is 0 Å². The smallest absolute Gasteiger partial charge is 0.226 e. The van der Waals surface area contributed by atoms with Crippen molar-refractivity contribution in [3.05, 3.63) is 0 Å². The summed E-state index contributed by atoms with van der Waals surface area (Å²) in [6.45, 7) is 5.95. The Bertz CT molecular complexity index is 376. The molecule has 1 heterocycles. The molecule has 2 atom stereocenters. The molecule has 0 spiro atoms. The SMILES string of the molecule is CC(C)C(=O)NC1CCN(C(=O)[C@@H]2CCC[C@@H]2CN)CC1. The number of carbonyl (C=O) groups excluding carboxylic acids is 2. The van der Waals surface area contributed by atoms with Gasteiger partial charge in [0.25, 0.3) is 0 Å². The number of hydrogen-bond donors (Lipinski definition) is 2. The molecule has 1 aliphatic heterocycles. The first kappa shape index (κ1) is 16.3. The van der Waals surface area contributed by atoms with E-state index in [0.717, 1.165) is 45.2 Å². The van der Waals surface area contributed by atoms with E-state index in [2.05, 4.69) is 5.32 Å². The maximum absolute atomic E-state index is 12.6. The van der Waals surface area contributed by atoms with Crippen LogP contribution in [0.15, 0.2) is 0 Å². The summed E-state index contributed by atoms with van der Waals surface area (Å²) in [5.74, 6) is 0.927. The molecular formula is C16H29N3O2. The molecule has 2 fully saturated rings. The van der Waals surface area contributed by atoms with Crippen molar-refractivity contribution < 1.29 is 9.59 Å². The van der Waals surface area contributed by atoms with Crippen molar-refractivity contribution in [1.82, 2.24) is 10.2 Å². The van der Waals surface area contributed by atoms with Gasteiger partial charge in [-0.2, -0.15) is 0 Å². The molecule has 1 aliphatic carbocycles. The van der Waals surface area contributed by atoms with E-state index in [1.54, 1.807) is 0 Å². The number of hydrogen-bond acceptors (Lipinski definition) is 3. The average Bonchev–Trinajstić information content (AvgIpc) is 2.95. The lowest BCUT2D eigenvalue weighted by atomic mass is 9.93. The summed E-state index contributed by atoms with van der Waals surface area (Å²) < 4.78 is 0. The van der Waals surface area contributed by atoms with E-state index in [1.165, 1.54) is 0 Å². The van der Waals surface area contributed by atoms with Gasteiger partial charge in [0.2, 0.25) is 11.8 Å². The molecule has 5 heteroatoms. The highest BCUT2D eigenvalue weighted by atomic mass is 16.2. The molecule has 21 heavy (non-hydrogen) atoms. The van der Waals surface area contributed by atoms with Gasteiger partial charge in [-0.15, -0.1) is 0 Å². The average molecular weight is 295 g/mol. The van der Waals surface area contributed by atoms with Crippen LogP contribution in [0.4, 0.5) is 0 Å².